The van der Waals surface area contributed by atoms with Crippen LogP contribution in [0.25, 0.3) is 0 Å². The molecule has 0 radical (unpaired) electrons. The number of nitrogens with zero attached hydrogens (tertiary/aromatic N) is 4. The lowest BCUT2D eigenvalue weighted by Crippen LogP contribution is -2.30. The SMILES string of the molecule is CC(C)n1cccc1[C@@H]1[C@H](c2ccccn2)NC(=S)N1Cc1ccccn1. The maximum Gasteiger partial charge on any atom is 0.170 e. The summed E-state index contributed by atoms with van der Waals surface area (Å²) in [4.78, 5) is 11.3. The number of hydrogen-bond acceptors (Lipinski definition) is 3. The Morgan fingerprint density at radius 2 is 1.81 bits per heavy atom. The highest BCUT2D eigenvalue weighted by Gasteiger charge is 2.41. The van der Waals surface area contributed by atoms with E-state index in [1.165, 1.54) is 5.69 Å². The van der Waals surface area contributed by atoms with Crippen molar-refractivity contribution >= 4 is 17.3 Å². The molecule has 6 heteroatoms. The predicted molar refractivity (Wildman–Crippen MR) is 110 cm³/mol. The highest BCUT2D eigenvalue weighted by Crippen LogP contribution is 2.40. The topological polar surface area (TPSA) is 46.0 Å². The molecule has 1 N–H and O–H groups in total. The summed E-state index contributed by atoms with van der Waals surface area (Å²) < 4.78 is 2.31. The first kappa shape index (κ1) is 17.7. The van der Waals surface area contributed by atoms with Gasteiger partial charge < -0.3 is 14.8 Å². The van der Waals surface area contributed by atoms with Gasteiger partial charge in [-0.1, -0.05) is 12.1 Å². The number of pyridine rings is 2. The molecule has 4 rings (SSSR count). The minimum absolute atomic E-state index is 0.00480. The molecule has 2 atom stereocenters. The minimum Gasteiger partial charge on any atom is -0.352 e. The average Bonchev–Trinajstić information content (AvgIpc) is 3.28. The molecule has 0 unspecified atom stereocenters. The van der Waals surface area contributed by atoms with Crippen molar-refractivity contribution in [3.63, 3.8) is 0 Å². The summed E-state index contributed by atoms with van der Waals surface area (Å²) in [6.45, 7) is 5.05. The fourth-order valence-corrected chi connectivity index (χ4v) is 4.00. The zero-order valence-corrected chi connectivity index (χ0v) is 16.3. The molecule has 5 nitrogen and oxygen atoms in total. The fourth-order valence-electron chi connectivity index (χ4n) is 3.69. The summed E-state index contributed by atoms with van der Waals surface area (Å²) in [6, 6.07) is 16.7. The first-order valence-corrected chi connectivity index (χ1v) is 9.60. The predicted octanol–water partition coefficient (Wildman–Crippen LogP) is 4.03. The van der Waals surface area contributed by atoms with Crippen LogP contribution in [0.4, 0.5) is 0 Å². The molecule has 3 aromatic rings. The molecule has 1 fully saturated rings. The third-order valence-corrected chi connectivity index (χ3v) is 5.28. The van der Waals surface area contributed by atoms with Crippen molar-refractivity contribution in [3.05, 3.63) is 84.2 Å². The molecule has 3 aromatic heterocycles. The maximum absolute atomic E-state index is 5.73. The molecule has 0 saturated carbocycles. The normalized spacial score (nSPS) is 19.5. The molecule has 0 bridgehead atoms. The van der Waals surface area contributed by atoms with Crippen LogP contribution in [0.1, 0.15) is 49.1 Å². The molecular weight excluding hydrogens is 354 g/mol. The van der Waals surface area contributed by atoms with Gasteiger partial charge in [0.2, 0.25) is 0 Å². The van der Waals surface area contributed by atoms with Crippen LogP contribution < -0.4 is 5.32 Å². The zero-order chi connectivity index (χ0) is 18.8. The molecule has 1 saturated heterocycles. The van der Waals surface area contributed by atoms with E-state index in [-0.39, 0.29) is 12.1 Å². The molecule has 0 aromatic carbocycles. The summed E-state index contributed by atoms with van der Waals surface area (Å²) >= 11 is 5.73. The minimum atomic E-state index is -0.00480. The van der Waals surface area contributed by atoms with Crippen LogP contribution in [0.2, 0.25) is 0 Å². The lowest BCUT2D eigenvalue weighted by molar-refractivity contribution is 0.291. The lowest BCUT2D eigenvalue weighted by Gasteiger charge is -2.29. The summed E-state index contributed by atoms with van der Waals surface area (Å²) in [5.74, 6) is 0. The van der Waals surface area contributed by atoms with Crippen molar-refractivity contribution in [2.75, 3.05) is 0 Å². The van der Waals surface area contributed by atoms with Gasteiger partial charge in [-0.2, -0.15) is 0 Å². The van der Waals surface area contributed by atoms with Gasteiger partial charge in [-0.25, -0.2) is 0 Å². The average molecular weight is 378 g/mol. The lowest BCUT2D eigenvalue weighted by atomic mass is 10.0. The van der Waals surface area contributed by atoms with Crippen LogP contribution in [0.15, 0.2) is 67.1 Å². The maximum atomic E-state index is 5.73. The van der Waals surface area contributed by atoms with Crippen molar-refractivity contribution in [3.8, 4) is 0 Å². The second-order valence-electron chi connectivity index (χ2n) is 7.01. The highest BCUT2D eigenvalue weighted by atomic mass is 32.1. The molecule has 27 heavy (non-hydrogen) atoms. The summed E-state index contributed by atoms with van der Waals surface area (Å²) in [5, 5.41) is 4.23. The van der Waals surface area contributed by atoms with Crippen molar-refractivity contribution in [2.24, 2.45) is 0 Å². The van der Waals surface area contributed by atoms with E-state index in [1.54, 1.807) is 0 Å². The smallest absolute Gasteiger partial charge is 0.170 e. The van der Waals surface area contributed by atoms with Crippen LogP contribution in [0.5, 0.6) is 0 Å². The Morgan fingerprint density at radius 3 is 2.48 bits per heavy atom. The van der Waals surface area contributed by atoms with E-state index in [1.807, 2.05) is 42.7 Å². The van der Waals surface area contributed by atoms with Crippen molar-refractivity contribution in [2.45, 2.75) is 38.5 Å². The van der Waals surface area contributed by atoms with Gasteiger partial charge in [0.1, 0.15) is 0 Å². The number of aromatic nitrogens is 3. The first-order chi connectivity index (χ1) is 13.1. The van der Waals surface area contributed by atoms with Gasteiger partial charge in [-0.05, 0) is 62.5 Å². The van der Waals surface area contributed by atoms with E-state index < -0.39 is 0 Å². The van der Waals surface area contributed by atoms with Gasteiger partial charge in [0, 0.05) is 30.3 Å². The second-order valence-corrected chi connectivity index (χ2v) is 7.40. The van der Waals surface area contributed by atoms with Crippen LogP contribution in [-0.2, 0) is 6.54 Å². The second kappa shape index (κ2) is 7.48. The van der Waals surface area contributed by atoms with Crippen molar-refractivity contribution < 1.29 is 0 Å². The monoisotopic (exact) mass is 377 g/mol. The molecule has 0 amide bonds. The Bertz CT molecular complexity index is 907. The number of rotatable bonds is 5. The van der Waals surface area contributed by atoms with Crippen molar-refractivity contribution in [1.82, 2.24) is 24.8 Å². The zero-order valence-electron chi connectivity index (χ0n) is 15.5. The van der Waals surface area contributed by atoms with E-state index in [9.17, 15) is 0 Å². The molecule has 4 heterocycles. The van der Waals surface area contributed by atoms with E-state index in [2.05, 4.69) is 63.0 Å². The van der Waals surface area contributed by atoms with Gasteiger partial charge in [-0.15, -0.1) is 0 Å². The molecule has 138 valence electrons. The van der Waals surface area contributed by atoms with Gasteiger partial charge >= 0.3 is 0 Å². The number of thiocarbonyl (C=S) groups is 1. The Morgan fingerprint density at radius 1 is 1.04 bits per heavy atom. The molecule has 0 aliphatic carbocycles. The quantitative estimate of drug-likeness (QED) is 0.680. The van der Waals surface area contributed by atoms with Crippen LogP contribution in [0, 0.1) is 0 Å². The van der Waals surface area contributed by atoms with E-state index in [0.717, 1.165) is 16.5 Å². The van der Waals surface area contributed by atoms with E-state index in [0.29, 0.717) is 12.6 Å². The van der Waals surface area contributed by atoms with Gasteiger partial charge in [0.05, 0.1) is 30.0 Å². The van der Waals surface area contributed by atoms with Gasteiger partial charge in [0.15, 0.2) is 5.11 Å². The number of nitrogens with one attached hydrogen (secondary N) is 1. The van der Waals surface area contributed by atoms with Gasteiger partial charge in [0.25, 0.3) is 0 Å². The molecular formula is C21H23N5S. The fraction of sp³-hybridized carbons (Fsp3) is 0.286. The Labute approximate surface area is 165 Å². The van der Waals surface area contributed by atoms with Crippen LogP contribution >= 0.6 is 12.2 Å². The molecule has 0 spiro atoms. The molecule has 1 aliphatic heterocycles. The summed E-state index contributed by atoms with van der Waals surface area (Å²) in [6.07, 6.45) is 5.79. The molecule has 1 aliphatic rings. The third kappa shape index (κ3) is 3.45. The third-order valence-electron chi connectivity index (χ3n) is 4.93. The van der Waals surface area contributed by atoms with Crippen molar-refractivity contribution in [1.29, 1.82) is 0 Å². The standard InChI is InChI=1S/C21H23N5S/c1-15(2)25-13-7-10-18(25)20-19(17-9-4-6-12-23-17)24-21(27)26(20)14-16-8-3-5-11-22-16/h3-13,15,19-20H,14H2,1-2H3,(H,24,27)/t19-,20+/m0/s1. The van der Waals surface area contributed by atoms with Crippen LogP contribution in [-0.4, -0.2) is 24.5 Å². The van der Waals surface area contributed by atoms with E-state index >= 15 is 0 Å². The Kier molecular flexibility index (Phi) is 4.90. The van der Waals surface area contributed by atoms with Crippen LogP contribution in [0.3, 0.4) is 0 Å². The number of hydrogen-bond donors (Lipinski definition) is 1. The van der Waals surface area contributed by atoms with E-state index in [4.69, 9.17) is 12.2 Å². The van der Waals surface area contributed by atoms with Gasteiger partial charge in [-0.3, -0.25) is 9.97 Å². The first-order valence-electron chi connectivity index (χ1n) is 9.20. The Balaban J connectivity index is 1.77. The highest BCUT2D eigenvalue weighted by molar-refractivity contribution is 7.80. The Hall–Kier alpha value is -2.73. The largest absolute Gasteiger partial charge is 0.352 e. The summed E-state index contributed by atoms with van der Waals surface area (Å²) in [5.41, 5.74) is 3.21. The summed E-state index contributed by atoms with van der Waals surface area (Å²) in [7, 11) is 0.